The molecule has 1 rings (SSSR count). The number of nitrogens with zero attached hydrogens (tertiary/aromatic N) is 1. The zero-order chi connectivity index (χ0) is 14.5. The summed E-state index contributed by atoms with van der Waals surface area (Å²) >= 11 is 0. The van der Waals surface area contributed by atoms with Gasteiger partial charge >= 0.3 is 6.18 Å². The average Bonchev–Trinajstić information content (AvgIpc) is 2.29. The zero-order valence-electron chi connectivity index (χ0n) is 11.0. The summed E-state index contributed by atoms with van der Waals surface area (Å²) in [5.41, 5.74) is 0. The predicted octanol–water partition coefficient (Wildman–Crippen LogP) is 1.04. The lowest BCUT2D eigenvalue weighted by Gasteiger charge is -2.32. The van der Waals surface area contributed by atoms with Gasteiger partial charge in [-0.2, -0.15) is 13.2 Å². The maximum Gasteiger partial charge on any atom is 0.401 e. The molecule has 0 aromatic heterocycles. The van der Waals surface area contributed by atoms with Crippen molar-refractivity contribution in [1.29, 1.82) is 0 Å². The molecule has 0 bridgehead atoms. The normalized spacial score (nSPS) is 19.8. The third kappa shape index (κ3) is 7.12. The van der Waals surface area contributed by atoms with Gasteiger partial charge in [0.2, 0.25) is 0 Å². The van der Waals surface area contributed by atoms with E-state index in [2.05, 4.69) is 5.32 Å². The van der Waals surface area contributed by atoms with E-state index in [0.29, 0.717) is 32.5 Å². The molecule has 0 aromatic carbocycles. The van der Waals surface area contributed by atoms with Gasteiger partial charge in [0, 0.05) is 18.3 Å². The highest BCUT2D eigenvalue weighted by atomic mass is 32.2. The Hall–Kier alpha value is -0.340. The summed E-state index contributed by atoms with van der Waals surface area (Å²) in [6, 6.07) is 0.122. The molecule has 8 heteroatoms. The molecule has 1 heterocycles. The van der Waals surface area contributed by atoms with Gasteiger partial charge in [-0.25, -0.2) is 8.42 Å². The van der Waals surface area contributed by atoms with Gasteiger partial charge in [-0.15, -0.1) is 0 Å². The number of likely N-dealkylation sites (tertiary alicyclic amines) is 1. The molecule has 1 fully saturated rings. The van der Waals surface area contributed by atoms with Crippen LogP contribution in [0.25, 0.3) is 0 Å². The van der Waals surface area contributed by atoms with E-state index < -0.39 is 22.6 Å². The molecular formula is C11H21F3N2O2S. The van der Waals surface area contributed by atoms with E-state index in [1.165, 1.54) is 4.90 Å². The number of halogens is 3. The Kier molecular flexibility index (Phi) is 6.07. The molecule has 4 nitrogen and oxygen atoms in total. The van der Waals surface area contributed by atoms with Gasteiger partial charge in [0.15, 0.2) is 9.84 Å². The zero-order valence-corrected chi connectivity index (χ0v) is 11.9. The maximum atomic E-state index is 12.2. The van der Waals surface area contributed by atoms with E-state index in [4.69, 9.17) is 0 Å². The van der Waals surface area contributed by atoms with Crippen LogP contribution in [0, 0.1) is 0 Å². The van der Waals surface area contributed by atoms with E-state index in [1.54, 1.807) is 6.92 Å². The largest absolute Gasteiger partial charge is 0.401 e. The van der Waals surface area contributed by atoms with Crippen LogP contribution in [0.2, 0.25) is 0 Å². The standard InChI is InChI=1S/C11H21F3N2O2S/c1-2-19(17,18)8-5-15-10-3-6-16(7-4-10)9-11(12,13)14/h10,15H,2-9H2,1H3. The number of alkyl halides is 3. The van der Waals surface area contributed by atoms with Crippen LogP contribution in [0.15, 0.2) is 0 Å². The number of nitrogens with one attached hydrogen (secondary N) is 1. The van der Waals surface area contributed by atoms with Crippen molar-refractivity contribution in [2.24, 2.45) is 0 Å². The number of sulfone groups is 1. The molecule has 1 aliphatic heterocycles. The fourth-order valence-electron chi connectivity index (χ4n) is 2.11. The highest BCUT2D eigenvalue weighted by Gasteiger charge is 2.32. The lowest BCUT2D eigenvalue weighted by Crippen LogP contribution is -2.46. The molecule has 0 amide bonds. The minimum absolute atomic E-state index is 0.0895. The summed E-state index contributed by atoms with van der Waals surface area (Å²) in [5, 5.41) is 3.11. The van der Waals surface area contributed by atoms with Crippen molar-refractivity contribution in [3.8, 4) is 0 Å². The monoisotopic (exact) mass is 302 g/mol. The van der Waals surface area contributed by atoms with E-state index in [-0.39, 0.29) is 17.5 Å². The van der Waals surface area contributed by atoms with Gasteiger partial charge < -0.3 is 5.32 Å². The summed E-state index contributed by atoms with van der Waals surface area (Å²) in [7, 11) is -2.98. The number of rotatable bonds is 6. The highest BCUT2D eigenvalue weighted by molar-refractivity contribution is 7.91. The smallest absolute Gasteiger partial charge is 0.313 e. The fourth-order valence-corrected chi connectivity index (χ4v) is 2.83. The first-order valence-corrected chi connectivity index (χ1v) is 8.27. The minimum atomic E-state index is -4.14. The Morgan fingerprint density at radius 2 is 1.84 bits per heavy atom. The SMILES string of the molecule is CCS(=O)(=O)CCNC1CCN(CC(F)(F)F)CC1. The summed E-state index contributed by atoms with van der Waals surface area (Å²) < 4.78 is 59.1. The van der Waals surface area contributed by atoms with Crippen LogP contribution >= 0.6 is 0 Å². The molecule has 0 saturated carbocycles. The first kappa shape index (κ1) is 16.7. The average molecular weight is 302 g/mol. The summed E-state index contributed by atoms with van der Waals surface area (Å²) in [6.07, 6.45) is -2.89. The van der Waals surface area contributed by atoms with Crippen molar-refractivity contribution in [3.63, 3.8) is 0 Å². The third-order valence-electron chi connectivity index (χ3n) is 3.28. The van der Waals surface area contributed by atoms with Gasteiger partial charge in [0.05, 0.1) is 12.3 Å². The summed E-state index contributed by atoms with van der Waals surface area (Å²) in [6.45, 7) is 1.92. The molecular weight excluding hydrogens is 281 g/mol. The third-order valence-corrected chi connectivity index (χ3v) is 4.98. The van der Waals surface area contributed by atoms with E-state index in [9.17, 15) is 21.6 Å². The predicted molar refractivity (Wildman–Crippen MR) is 67.8 cm³/mol. The van der Waals surface area contributed by atoms with Gasteiger partial charge in [0.1, 0.15) is 0 Å². The molecule has 0 aromatic rings. The maximum absolute atomic E-state index is 12.2. The van der Waals surface area contributed by atoms with E-state index >= 15 is 0 Å². The molecule has 0 spiro atoms. The van der Waals surface area contributed by atoms with E-state index in [1.807, 2.05) is 0 Å². The van der Waals surface area contributed by atoms with Crippen molar-refractivity contribution >= 4 is 9.84 Å². The topological polar surface area (TPSA) is 49.4 Å². The first-order valence-electron chi connectivity index (χ1n) is 6.45. The minimum Gasteiger partial charge on any atom is -0.313 e. The molecule has 1 aliphatic rings. The second-order valence-corrected chi connectivity index (χ2v) is 7.33. The fraction of sp³-hybridized carbons (Fsp3) is 1.00. The number of piperidine rings is 1. The van der Waals surface area contributed by atoms with Crippen molar-refractivity contribution in [2.75, 3.05) is 37.7 Å². The van der Waals surface area contributed by atoms with Gasteiger partial charge in [-0.05, 0) is 25.9 Å². The molecule has 114 valence electrons. The molecule has 1 N–H and O–H groups in total. The van der Waals surface area contributed by atoms with Crippen molar-refractivity contribution in [3.05, 3.63) is 0 Å². The van der Waals surface area contributed by atoms with Crippen LogP contribution in [-0.2, 0) is 9.84 Å². The number of hydrogen-bond donors (Lipinski definition) is 1. The number of hydrogen-bond acceptors (Lipinski definition) is 4. The quantitative estimate of drug-likeness (QED) is 0.796. The van der Waals surface area contributed by atoms with Crippen LogP contribution in [-0.4, -0.2) is 63.2 Å². The molecule has 1 saturated heterocycles. The summed E-state index contributed by atoms with van der Waals surface area (Å²) in [4.78, 5) is 1.39. The Balaban J connectivity index is 2.20. The second kappa shape index (κ2) is 6.90. The molecule has 19 heavy (non-hydrogen) atoms. The van der Waals surface area contributed by atoms with Crippen LogP contribution in [0.4, 0.5) is 13.2 Å². The van der Waals surface area contributed by atoms with Crippen LogP contribution in [0.5, 0.6) is 0 Å². The van der Waals surface area contributed by atoms with Crippen molar-refractivity contribution < 1.29 is 21.6 Å². The molecule has 0 radical (unpaired) electrons. The Labute approximate surface area is 112 Å². The molecule has 0 aliphatic carbocycles. The van der Waals surface area contributed by atoms with Crippen LogP contribution in [0.1, 0.15) is 19.8 Å². The highest BCUT2D eigenvalue weighted by Crippen LogP contribution is 2.19. The first-order chi connectivity index (χ1) is 8.72. The van der Waals surface area contributed by atoms with Crippen molar-refractivity contribution in [2.45, 2.75) is 32.0 Å². The molecule has 0 unspecified atom stereocenters. The van der Waals surface area contributed by atoms with E-state index in [0.717, 1.165) is 0 Å². The Bertz CT molecular complexity index is 363. The van der Waals surface area contributed by atoms with Crippen molar-refractivity contribution in [1.82, 2.24) is 10.2 Å². The Morgan fingerprint density at radius 3 is 2.32 bits per heavy atom. The lowest BCUT2D eigenvalue weighted by atomic mass is 10.1. The lowest BCUT2D eigenvalue weighted by molar-refractivity contribution is -0.148. The van der Waals surface area contributed by atoms with Crippen LogP contribution < -0.4 is 5.32 Å². The van der Waals surface area contributed by atoms with Gasteiger partial charge in [0.25, 0.3) is 0 Å². The second-order valence-electron chi connectivity index (χ2n) is 4.86. The van der Waals surface area contributed by atoms with Crippen LogP contribution in [0.3, 0.4) is 0 Å². The van der Waals surface area contributed by atoms with Gasteiger partial charge in [-0.3, -0.25) is 4.90 Å². The molecule has 0 atom stereocenters. The summed E-state index contributed by atoms with van der Waals surface area (Å²) in [5.74, 6) is 0.213. The Morgan fingerprint density at radius 1 is 1.26 bits per heavy atom. The van der Waals surface area contributed by atoms with Gasteiger partial charge in [-0.1, -0.05) is 6.92 Å².